The SMILES string of the molecule is COc1ccccc1C(=O)OCC[NH+](C)C(C)C. The Bertz CT molecular complexity index is 390. The van der Waals surface area contributed by atoms with E-state index in [0.717, 1.165) is 6.54 Å². The molecule has 0 aromatic heterocycles. The van der Waals surface area contributed by atoms with Gasteiger partial charge >= 0.3 is 5.97 Å². The number of para-hydroxylation sites is 1. The topological polar surface area (TPSA) is 40.0 Å². The highest BCUT2D eigenvalue weighted by molar-refractivity contribution is 5.92. The second-order valence-electron chi connectivity index (χ2n) is 4.59. The molecule has 0 saturated carbocycles. The molecule has 0 radical (unpaired) electrons. The Hall–Kier alpha value is -1.55. The lowest BCUT2D eigenvalue weighted by atomic mass is 10.2. The minimum absolute atomic E-state index is 0.330. The molecule has 0 heterocycles. The maximum absolute atomic E-state index is 11.9. The van der Waals surface area contributed by atoms with E-state index in [2.05, 4.69) is 20.9 Å². The second kappa shape index (κ2) is 7.01. The fourth-order valence-corrected chi connectivity index (χ4v) is 1.48. The number of methoxy groups -OCH3 is 1. The Kier molecular flexibility index (Phi) is 5.65. The summed E-state index contributed by atoms with van der Waals surface area (Å²) in [6.45, 7) is 5.49. The van der Waals surface area contributed by atoms with Crippen LogP contribution in [-0.4, -0.2) is 39.3 Å². The van der Waals surface area contributed by atoms with Gasteiger partial charge in [0.05, 0.1) is 20.2 Å². The van der Waals surface area contributed by atoms with Crippen molar-refractivity contribution in [2.24, 2.45) is 0 Å². The molecule has 0 bridgehead atoms. The third-order valence-electron chi connectivity index (χ3n) is 3.04. The van der Waals surface area contributed by atoms with Gasteiger partial charge in [-0.1, -0.05) is 12.1 Å². The van der Waals surface area contributed by atoms with Crippen LogP contribution < -0.4 is 9.64 Å². The fraction of sp³-hybridized carbons (Fsp3) is 0.500. The average Bonchev–Trinajstić information content (AvgIpc) is 2.38. The van der Waals surface area contributed by atoms with E-state index < -0.39 is 0 Å². The van der Waals surface area contributed by atoms with Crippen LogP contribution >= 0.6 is 0 Å². The Balaban J connectivity index is 2.50. The van der Waals surface area contributed by atoms with E-state index in [-0.39, 0.29) is 5.97 Å². The van der Waals surface area contributed by atoms with E-state index in [1.54, 1.807) is 25.3 Å². The zero-order valence-electron chi connectivity index (χ0n) is 11.5. The second-order valence-corrected chi connectivity index (χ2v) is 4.59. The molecule has 1 rings (SSSR count). The van der Waals surface area contributed by atoms with Gasteiger partial charge in [0.25, 0.3) is 0 Å². The number of hydrogen-bond acceptors (Lipinski definition) is 3. The smallest absolute Gasteiger partial charge is 0.342 e. The van der Waals surface area contributed by atoms with Gasteiger partial charge in [-0.15, -0.1) is 0 Å². The van der Waals surface area contributed by atoms with Crippen LogP contribution in [0.5, 0.6) is 5.75 Å². The van der Waals surface area contributed by atoms with Gasteiger partial charge in [0, 0.05) is 0 Å². The van der Waals surface area contributed by atoms with Crippen molar-refractivity contribution in [3.8, 4) is 5.75 Å². The van der Waals surface area contributed by atoms with Crippen molar-refractivity contribution in [3.63, 3.8) is 0 Å². The lowest BCUT2D eigenvalue weighted by molar-refractivity contribution is -0.901. The number of nitrogens with one attached hydrogen (secondary N) is 1. The van der Waals surface area contributed by atoms with Gasteiger partial charge < -0.3 is 14.4 Å². The van der Waals surface area contributed by atoms with Crippen molar-refractivity contribution in [2.45, 2.75) is 19.9 Å². The molecule has 18 heavy (non-hydrogen) atoms. The van der Waals surface area contributed by atoms with Gasteiger partial charge in [-0.25, -0.2) is 4.79 Å². The number of quaternary nitrogens is 1. The van der Waals surface area contributed by atoms with E-state index in [1.165, 1.54) is 4.90 Å². The Morgan fingerprint density at radius 3 is 2.61 bits per heavy atom. The van der Waals surface area contributed by atoms with Gasteiger partial charge in [-0.2, -0.15) is 0 Å². The molecule has 0 spiro atoms. The summed E-state index contributed by atoms with van der Waals surface area (Å²) in [6.07, 6.45) is 0. The Labute approximate surface area is 108 Å². The maximum atomic E-state index is 11.9. The molecule has 1 atom stereocenters. The average molecular weight is 252 g/mol. The molecular weight excluding hydrogens is 230 g/mol. The van der Waals surface area contributed by atoms with Gasteiger partial charge in [-0.05, 0) is 26.0 Å². The van der Waals surface area contributed by atoms with Crippen LogP contribution in [0.4, 0.5) is 0 Å². The van der Waals surface area contributed by atoms with Gasteiger partial charge in [0.15, 0.2) is 0 Å². The van der Waals surface area contributed by atoms with E-state index >= 15 is 0 Å². The number of likely N-dealkylation sites (N-methyl/N-ethyl adjacent to an activating group) is 1. The Morgan fingerprint density at radius 1 is 1.33 bits per heavy atom. The zero-order chi connectivity index (χ0) is 13.5. The monoisotopic (exact) mass is 252 g/mol. The predicted molar refractivity (Wildman–Crippen MR) is 70.2 cm³/mol. The molecular formula is C14H22NO3+. The Morgan fingerprint density at radius 2 is 2.00 bits per heavy atom. The van der Waals surface area contributed by atoms with Crippen molar-refractivity contribution in [2.75, 3.05) is 27.3 Å². The first-order valence-corrected chi connectivity index (χ1v) is 6.18. The van der Waals surface area contributed by atoms with Crippen LogP contribution in [0.2, 0.25) is 0 Å². The summed E-state index contributed by atoms with van der Waals surface area (Å²) < 4.78 is 10.4. The van der Waals surface area contributed by atoms with Crippen molar-refractivity contribution < 1.29 is 19.2 Å². The summed E-state index contributed by atoms with van der Waals surface area (Å²) in [7, 11) is 3.63. The molecule has 100 valence electrons. The summed E-state index contributed by atoms with van der Waals surface area (Å²) in [5, 5.41) is 0. The largest absolute Gasteiger partial charge is 0.496 e. The van der Waals surface area contributed by atoms with Gasteiger partial charge in [0.1, 0.15) is 24.5 Å². The van der Waals surface area contributed by atoms with E-state index in [0.29, 0.717) is 24.0 Å². The number of carbonyl (C=O) groups excluding carboxylic acids is 1. The van der Waals surface area contributed by atoms with Crippen LogP contribution in [-0.2, 0) is 4.74 Å². The summed E-state index contributed by atoms with van der Waals surface area (Å²) >= 11 is 0. The molecule has 0 aliphatic carbocycles. The van der Waals surface area contributed by atoms with E-state index in [1.807, 2.05) is 6.07 Å². The summed E-state index contributed by atoms with van der Waals surface area (Å²) in [5.74, 6) is 0.219. The summed E-state index contributed by atoms with van der Waals surface area (Å²) in [5.41, 5.74) is 0.474. The highest BCUT2D eigenvalue weighted by Crippen LogP contribution is 2.17. The number of hydrogen-bond donors (Lipinski definition) is 1. The van der Waals surface area contributed by atoms with Crippen LogP contribution in [0, 0.1) is 0 Å². The zero-order valence-corrected chi connectivity index (χ0v) is 11.5. The molecule has 4 nitrogen and oxygen atoms in total. The third kappa shape index (κ3) is 4.04. The van der Waals surface area contributed by atoms with Crippen LogP contribution in [0.3, 0.4) is 0 Å². The molecule has 1 aromatic carbocycles. The molecule has 1 unspecified atom stereocenters. The van der Waals surface area contributed by atoms with E-state index in [9.17, 15) is 4.79 Å². The van der Waals surface area contributed by atoms with Crippen molar-refractivity contribution in [3.05, 3.63) is 29.8 Å². The number of esters is 1. The lowest BCUT2D eigenvalue weighted by Gasteiger charge is -2.17. The predicted octanol–water partition coefficient (Wildman–Crippen LogP) is 0.775. The number of benzene rings is 1. The fourth-order valence-electron chi connectivity index (χ4n) is 1.48. The first kappa shape index (κ1) is 14.5. The number of rotatable bonds is 6. The molecule has 1 N–H and O–H groups in total. The highest BCUT2D eigenvalue weighted by atomic mass is 16.5. The van der Waals surface area contributed by atoms with Gasteiger partial charge in [-0.3, -0.25) is 0 Å². The minimum atomic E-state index is -0.330. The third-order valence-corrected chi connectivity index (χ3v) is 3.04. The molecule has 1 aromatic rings. The summed E-state index contributed by atoms with van der Waals surface area (Å²) in [6, 6.07) is 7.61. The standard InChI is InChI=1S/C14H21NO3/c1-11(2)15(3)9-10-18-14(16)12-7-5-6-8-13(12)17-4/h5-8,11H,9-10H2,1-4H3/p+1. The maximum Gasteiger partial charge on any atom is 0.342 e. The number of ether oxygens (including phenoxy) is 2. The molecule has 0 fully saturated rings. The van der Waals surface area contributed by atoms with Crippen LogP contribution in [0.1, 0.15) is 24.2 Å². The van der Waals surface area contributed by atoms with Crippen molar-refractivity contribution >= 4 is 5.97 Å². The normalized spacial score (nSPS) is 12.3. The first-order valence-electron chi connectivity index (χ1n) is 6.18. The molecule has 4 heteroatoms. The first-order chi connectivity index (χ1) is 8.56. The quantitative estimate of drug-likeness (QED) is 0.760. The van der Waals surface area contributed by atoms with Crippen molar-refractivity contribution in [1.29, 1.82) is 0 Å². The molecule has 0 aliphatic heterocycles. The lowest BCUT2D eigenvalue weighted by Crippen LogP contribution is -3.12. The summed E-state index contributed by atoms with van der Waals surface area (Å²) in [4.78, 5) is 13.2. The van der Waals surface area contributed by atoms with Crippen LogP contribution in [0.15, 0.2) is 24.3 Å². The minimum Gasteiger partial charge on any atom is -0.496 e. The van der Waals surface area contributed by atoms with E-state index in [4.69, 9.17) is 9.47 Å². The highest BCUT2D eigenvalue weighted by Gasteiger charge is 2.14. The molecule has 0 amide bonds. The van der Waals surface area contributed by atoms with Gasteiger partial charge in [0.2, 0.25) is 0 Å². The molecule has 0 aliphatic rings. The molecule has 0 saturated heterocycles. The van der Waals surface area contributed by atoms with Crippen molar-refractivity contribution in [1.82, 2.24) is 0 Å². The van der Waals surface area contributed by atoms with Crippen LogP contribution in [0.25, 0.3) is 0 Å². The number of carbonyl (C=O) groups is 1.